The predicted molar refractivity (Wildman–Crippen MR) is 84.1 cm³/mol. The number of hydrogen-bond donors (Lipinski definition) is 2. The minimum absolute atomic E-state index is 0.0181. The lowest BCUT2D eigenvalue weighted by atomic mass is 10.1. The summed E-state index contributed by atoms with van der Waals surface area (Å²) in [5.41, 5.74) is 1.54. The SMILES string of the molecule is CCCC(=O)NCc1ccccc1CS(=O)(=O)NC(C)C. The lowest BCUT2D eigenvalue weighted by Crippen LogP contribution is -2.31. The molecule has 2 N–H and O–H groups in total. The summed E-state index contributed by atoms with van der Waals surface area (Å²) < 4.78 is 26.6. The van der Waals surface area contributed by atoms with Crippen LogP contribution >= 0.6 is 0 Å². The average molecular weight is 312 g/mol. The first kappa shape index (κ1) is 17.7. The van der Waals surface area contributed by atoms with E-state index < -0.39 is 10.0 Å². The number of nitrogens with one attached hydrogen (secondary N) is 2. The van der Waals surface area contributed by atoms with E-state index in [1.54, 1.807) is 26.0 Å². The molecule has 0 aliphatic carbocycles. The molecule has 0 saturated carbocycles. The first-order valence-electron chi connectivity index (χ1n) is 7.17. The molecule has 0 spiro atoms. The molecule has 0 heterocycles. The average Bonchev–Trinajstić information content (AvgIpc) is 2.36. The van der Waals surface area contributed by atoms with E-state index in [2.05, 4.69) is 10.0 Å². The van der Waals surface area contributed by atoms with Gasteiger partial charge in [0.15, 0.2) is 0 Å². The Morgan fingerprint density at radius 3 is 2.38 bits per heavy atom. The molecule has 0 fully saturated rings. The number of carbonyl (C=O) groups is 1. The van der Waals surface area contributed by atoms with Crippen molar-refractivity contribution in [3.05, 3.63) is 35.4 Å². The quantitative estimate of drug-likeness (QED) is 0.770. The first-order chi connectivity index (χ1) is 9.84. The number of amides is 1. The molecule has 1 rings (SSSR count). The van der Waals surface area contributed by atoms with Crippen LogP contribution in [0.1, 0.15) is 44.7 Å². The smallest absolute Gasteiger partial charge is 0.220 e. The third kappa shape index (κ3) is 6.73. The second-order valence-corrected chi connectivity index (χ2v) is 7.08. The zero-order valence-electron chi connectivity index (χ0n) is 12.8. The predicted octanol–water partition coefficient (Wildman–Crippen LogP) is 1.93. The lowest BCUT2D eigenvalue weighted by molar-refractivity contribution is -0.121. The fourth-order valence-electron chi connectivity index (χ4n) is 1.99. The Balaban J connectivity index is 2.78. The van der Waals surface area contributed by atoms with Crippen LogP contribution in [-0.4, -0.2) is 20.4 Å². The number of hydrogen-bond acceptors (Lipinski definition) is 3. The second kappa shape index (κ2) is 8.14. The van der Waals surface area contributed by atoms with E-state index in [9.17, 15) is 13.2 Å². The van der Waals surface area contributed by atoms with E-state index in [0.29, 0.717) is 18.5 Å². The molecular formula is C15H24N2O3S. The largest absolute Gasteiger partial charge is 0.352 e. The van der Waals surface area contributed by atoms with Crippen molar-refractivity contribution in [3.8, 4) is 0 Å². The Morgan fingerprint density at radius 1 is 1.19 bits per heavy atom. The van der Waals surface area contributed by atoms with E-state index in [4.69, 9.17) is 0 Å². The molecule has 1 aromatic rings. The summed E-state index contributed by atoms with van der Waals surface area (Å²) in [6.45, 7) is 5.87. The Morgan fingerprint density at radius 2 is 1.81 bits per heavy atom. The van der Waals surface area contributed by atoms with Crippen molar-refractivity contribution in [1.82, 2.24) is 10.0 Å². The van der Waals surface area contributed by atoms with Crippen LogP contribution in [0.2, 0.25) is 0 Å². The molecule has 0 bridgehead atoms. The number of carbonyl (C=O) groups excluding carboxylic acids is 1. The van der Waals surface area contributed by atoms with Gasteiger partial charge in [-0.25, -0.2) is 13.1 Å². The van der Waals surface area contributed by atoms with Crippen molar-refractivity contribution in [2.75, 3.05) is 0 Å². The number of benzene rings is 1. The van der Waals surface area contributed by atoms with E-state index >= 15 is 0 Å². The summed E-state index contributed by atoms with van der Waals surface area (Å²) in [6, 6.07) is 7.13. The molecule has 0 aromatic heterocycles. The fraction of sp³-hybridized carbons (Fsp3) is 0.533. The molecule has 118 valence electrons. The van der Waals surface area contributed by atoms with Crippen LogP contribution in [0.3, 0.4) is 0 Å². The summed E-state index contributed by atoms with van der Waals surface area (Å²) in [5, 5.41) is 2.81. The first-order valence-corrected chi connectivity index (χ1v) is 8.82. The lowest BCUT2D eigenvalue weighted by Gasteiger charge is -2.13. The highest BCUT2D eigenvalue weighted by atomic mass is 32.2. The van der Waals surface area contributed by atoms with Gasteiger partial charge in [-0.05, 0) is 31.4 Å². The molecule has 1 aromatic carbocycles. The van der Waals surface area contributed by atoms with Gasteiger partial charge in [0.2, 0.25) is 15.9 Å². The summed E-state index contributed by atoms with van der Waals surface area (Å²) in [4.78, 5) is 11.5. The van der Waals surface area contributed by atoms with Gasteiger partial charge in [-0.2, -0.15) is 0 Å². The maximum absolute atomic E-state index is 12.0. The van der Waals surface area contributed by atoms with Crippen molar-refractivity contribution in [2.24, 2.45) is 0 Å². The highest BCUT2D eigenvalue weighted by Gasteiger charge is 2.15. The second-order valence-electron chi connectivity index (χ2n) is 5.33. The molecule has 0 saturated heterocycles. The maximum atomic E-state index is 12.0. The minimum atomic E-state index is -3.37. The van der Waals surface area contributed by atoms with E-state index in [1.165, 1.54) is 0 Å². The van der Waals surface area contributed by atoms with E-state index in [1.807, 2.05) is 19.1 Å². The fourth-order valence-corrected chi connectivity index (χ4v) is 3.48. The summed E-state index contributed by atoms with van der Waals surface area (Å²) in [6.07, 6.45) is 1.27. The van der Waals surface area contributed by atoms with Gasteiger partial charge in [0, 0.05) is 19.0 Å². The summed E-state index contributed by atoms with van der Waals surface area (Å²) in [7, 11) is -3.37. The van der Waals surface area contributed by atoms with E-state index in [0.717, 1.165) is 12.0 Å². The van der Waals surface area contributed by atoms with Crippen LogP contribution in [-0.2, 0) is 27.1 Å². The van der Waals surface area contributed by atoms with Crippen molar-refractivity contribution < 1.29 is 13.2 Å². The third-order valence-corrected chi connectivity index (χ3v) is 4.35. The molecule has 0 unspecified atom stereocenters. The van der Waals surface area contributed by atoms with Gasteiger partial charge in [0.05, 0.1) is 5.75 Å². The van der Waals surface area contributed by atoms with Gasteiger partial charge in [-0.1, -0.05) is 31.2 Å². The van der Waals surface area contributed by atoms with Crippen LogP contribution in [0.25, 0.3) is 0 Å². The summed E-state index contributed by atoms with van der Waals surface area (Å²) in [5.74, 6) is -0.0965. The highest BCUT2D eigenvalue weighted by molar-refractivity contribution is 7.88. The Kier molecular flexibility index (Phi) is 6.84. The summed E-state index contributed by atoms with van der Waals surface area (Å²) >= 11 is 0. The molecule has 5 nitrogen and oxygen atoms in total. The maximum Gasteiger partial charge on any atom is 0.220 e. The van der Waals surface area contributed by atoms with Crippen LogP contribution < -0.4 is 10.0 Å². The van der Waals surface area contributed by atoms with Gasteiger partial charge in [-0.3, -0.25) is 4.79 Å². The van der Waals surface area contributed by atoms with Crippen molar-refractivity contribution in [3.63, 3.8) is 0 Å². The standard InChI is InChI=1S/C15H24N2O3S/c1-4-7-15(18)16-10-13-8-5-6-9-14(13)11-21(19,20)17-12(2)3/h5-6,8-9,12,17H,4,7,10-11H2,1-3H3,(H,16,18). The molecule has 1 amide bonds. The van der Waals surface area contributed by atoms with E-state index in [-0.39, 0.29) is 17.7 Å². The van der Waals surface area contributed by atoms with Gasteiger partial charge in [-0.15, -0.1) is 0 Å². The minimum Gasteiger partial charge on any atom is -0.352 e. The molecule has 0 radical (unpaired) electrons. The third-order valence-electron chi connectivity index (χ3n) is 2.83. The van der Waals surface area contributed by atoms with Crippen LogP contribution in [0, 0.1) is 0 Å². The topological polar surface area (TPSA) is 75.3 Å². The van der Waals surface area contributed by atoms with Crippen molar-refractivity contribution >= 4 is 15.9 Å². The van der Waals surface area contributed by atoms with Crippen LogP contribution in [0.5, 0.6) is 0 Å². The van der Waals surface area contributed by atoms with Crippen molar-refractivity contribution in [2.45, 2.75) is 52.0 Å². The van der Waals surface area contributed by atoms with Gasteiger partial charge >= 0.3 is 0 Å². The monoisotopic (exact) mass is 312 g/mol. The van der Waals surface area contributed by atoms with Gasteiger partial charge in [0.1, 0.15) is 0 Å². The molecule has 0 aliphatic rings. The van der Waals surface area contributed by atoms with Gasteiger partial charge in [0.25, 0.3) is 0 Å². The molecule has 6 heteroatoms. The highest BCUT2D eigenvalue weighted by Crippen LogP contribution is 2.12. The molecule has 0 aliphatic heterocycles. The normalized spacial score (nSPS) is 11.6. The molecule has 0 atom stereocenters. The molecule has 21 heavy (non-hydrogen) atoms. The zero-order chi connectivity index (χ0) is 15.9. The number of rotatable bonds is 8. The molecular weight excluding hydrogens is 288 g/mol. The number of sulfonamides is 1. The Bertz CT molecular complexity index is 568. The van der Waals surface area contributed by atoms with Gasteiger partial charge < -0.3 is 5.32 Å². The van der Waals surface area contributed by atoms with Crippen molar-refractivity contribution in [1.29, 1.82) is 0 Å². The Labute approximate surface area is 127 Å². The van der Waals surface area contributed by atoms with Crippen LogP contribution in [0.4, 0.5) is 0 Å². The zero-order valence-corrected chi connectivity index (χ0v) is 13.7. The van der Waals surface area contributed by atoms with Crippen LogP contribution in [0.15, 0.2) is 24.3 Å². The Hall–Kier alpha value is -1.40.